The second-order valence-corrected chi connectivity index (χ2v) is 3.76. The number of aromatic nitrogens is 1. The summed E-state index contributed by atoms with van der Waals surface area (Å²) in [6, 6.07) is 4.82. The van der Waals surface area contributed by atoms with Crippen LogP contribution in [0.2, 0.25) is 0 Å². The smallest absolute Gasteiger partial charge is 0.308 e. The van der Waals surface area contributed by atoms with Gasteiger partial charge in [0.1, 0.15) is 5.75 Å². The number of esters is 1. The van der Waals surface area contributed by atoms with Crippen molar-refractivity contribution in [1.29, 1.82) is 0 Å². The zero-order valence-corrected chi connectivity index (χ0v) is 9.78. The molecule has 1 aromatic carbocycles. The van der Waals surface area contributed by atoms with Crippen LogP contribution in [0.5, 0.6) is 5.75 Å². The van der Waals surface area contributed by atoms with Gasteiger partial charge >= 0.3 is 5.97 Å². The number of hydrogen-bond acceptors (Lipinski definition) is 3. The first-order valence-electron chi connectivity index (χ1n) is 9.31. The third-order valence-corrected chi connectivity index (χ3v) is 2.43. The molecule has 4 nitrogen and oxygen atoms in total. The quantitative estimate of drug-likeness (QED) is 0.672. The molecular weight excluding hydrogens is 228 g/mol. The van der Waals surface area contributed by atoms with Gasteiger partial charge in [-0.2, -0.15) is 0 Å². The van der Waals surface area contributed by atoms with Gasteiger partial charge < -0.3 is 14.6 Å². The van der Waals surface area contributed by atoms with E-state index in [1.807, 2.05) is 0 Å². The van der Waals surface area contributed by atoms with Crippen LogP contribution >= 0.6 is 0 Å². The number of hydrogen-bond donors (Lipinski definition) is 1. The van der Waals surface area contributed by atoms with Gasteiger partial charge in [0.25, 0.3) is 0 Å². The van der Waals surface area contributed by atoms with Gasteiger partial charge in [-0.1, -0.05) is 6.07 Å². The Hall–Kier alpha value is -1.81. The fraction of sp³-hybridized carbons (Fsp3) is 0.357. The van der Waals surface area contributed by atoms with Gasteiger partial charge in [0.15, 0.2) is 0 Å². The maximum Gasteiger partial charge on any atom is 0.308 e. The number of carbonyl (C=O) groups excluding carboxylic acids is 1. The molecule has 0 saturated heterocycles. The summed E-state index contributed by atoms with van der Waals surface area (Å²) in [7, 11) is 0. The SMILES string of the molecule is [2H]C([2H])([2H])N(C([2H])([2H])[2H])C([2H])([2H])Cc1c[nH]c2cccc(OC(C)=O)c12. The number of aryl methyl sites for hydroxylation is 1. The lowest BCUT2D eigenvalue weighted by Gasteiger charge is -2.09. The van der Waals surface area contributed by atoms with E-state index in [4.69, 9.17) is 15.7 Å². The minimum atomic E-state index is -3.17. The van der Waals surface area contributed by atoms with Crippen LogP contribution in [0.1, 0.15) is 23.5 Å². The predicted octanol–water partition coefficient (Wildman–Crippen LogP) is 2.20. The second-order valence-electron chi connectivity index (χ2n) is 3.76. The topological polar surface area (TPSA) is 45.3 Å². The molecular formula is C14H18N2O2. The molecule has 0 atom stereocenters. The monoisotopic (exact) mass is 254 g/mol. The van der Waals surface area contributed by atoms with E-state index in [2.05, 4.69) is 4.98 Å². The normalized spacial score (nSPS) is 19.9. The fourth-order valence-electron chi connectivity index (χ4n) is 1.76. The van der Waals surface area contributed by atoms with E-state index in [0.29, 0.717) is 16.5 Å². The van der Waals surface area contributed by atoms with Crippen LogP contribution in [-0.2, 0) is 11.2 Å². The lowest BCUT2D eigenvalue weighted by atomic mass is 10.1. The van der Waals surface area contributed by atoms with Crippen LogP contribution in [0.15, 0.2) is 24.4 Å². The highest BCUT2D eigenvalue weighted by Crippen LogP contribution is 2.29. The lowest BCUT2D eigenvalue weighted by molar-refractivity contribution is -0.131. The molecule has 18 heavy (non-hydrogen) atoms. The molecule has 96 valence electrons. The molecule has 0 aliphatic heterocycles. The number of aromatic amines is 1. The van der Waals surface area contributed by atoms with Gasteiger partial charge in [0.05, 0.1) is 0 Å². The molecule has 0 aliphatic rings. The first-order chi connectivity index (χ1) is 11.7. The van der Waals surface area contributed by atoms with Crippen molar-refractivity contribution >= 4 is 16.9 Å². The Morgan fingerprint density at radius 1 is 1.56 bits per heavy atom. The van der Waals surface area contributed by atoms with Crippen molar-refractivity contribution in [2.24, 2.45) is 0 Å². The molecule has 4 heteroatoms. The highest BCUT2D eigenvalue weighted by Gasteiger charge is 2.11. The number of ether oxygens (including phenoxy) is 1. The van der Waals surface area contributed by atoms with Crippen molar-refractivity contribution in [1.82, 2.24) is 9.88 Å². The van der Waals surface area contributed by atoms with Crippen LogP contribution in [0, 0.1) is 0 Å². The average Bonchev–Trinajstić information content (AvgIpc) is 2.77. The largest absolute Gasteiger partial charge is 0.426 e. The summed E-state index contributed by atoms with van der Waals surface area (Å²) in [5.41, 5.74) is 0.837. The maximum absolute atomic E-state index is 11.3. The highest BCUT2D eigenvalue weighted by atomic mass is 16.5. The summed E-state index contributed by atoms with van der Waals surface area (Å²) in [6.07, 6.45) is 0.898. The molecule has 2 aromatic rings. The van der Waals surface area contributed by atoms with E-state index in [9.17, 15) is 4.79 Å². The Bertz CT molecular complexity index is 795. The van der Waals surface area contributed by atoms with Crippen molar-refractivity contribution in [3.63, 3.8) is 0 Å². The standard InChI is InChI=1S/C14H18N2O2/c1-10(17)18-13-6-4-5-12-14(13)11(9-15-12)7-8-16(2)3/h4-6,9,15H,7-8H2,1-3H3/i2D3,3D3,8D2. The van der Waals surface area contributed by atoms with Gasteiger partial charge in [-0.3, -0.25) is 4.79 Å². The molecule has 0 bridgehead atoms. The van der Waals surface area contributed by atoms with E-state index < -0.39 is 32.8 Å². The molecule has 1 aromatic heterocycles. The fourth-order valence-corrected chi connectivity index (χ4v) is 1.76. The third kappa shape index (κ3) is 2.71. The summed E-state index contributed by atoms with van der Waals surface area (Å²) in [6.45, 7) is -7.83. The molecule has 0 saturated carbocycles. The molecule has 0 amide bonds. The lowest BCUT2D eigenvalue weighted by Crippen LogP contribution is -2.15. The highest BCUT2D eigenvalue weighted by molar-refractivity contribution is 5.91. The Morgan fingerprint density at radius 3 is 3.11 bits per heavy atom. The minimum Gasteiger partial charge on any atom is -0.426 e. The van der Waals surface area contributed by atoms with Crippen LogP contribution in [0.25, 0.3) is 10.9 Å². The molecule has 0 fully saturated rings. The molecule has 0 radical (unpaired) electrons. The van der Waals surface area contributed by atoms with Crippen LogP contribution in [0.3, 0.4) is 0 Å². The molecule has 0 unspecified atom stereocenters. The van der Waals surface area contributed by atoms with Crippen molar-refractivity contribution in [2.45, 2.75) is 13.3 Å². The zero-order chi connectivity index (χ0) is 19.9. The van der Waals surface area contributed by atoms with E-state index in [-0.39, 0.29) is 10.6 Å². The number of H-pyrrole nitrogens is 1. The van der Waals surface area contributed by atoms with Gasteiger partial charge in [-0.25, -0.2) is 0 Å². The van der Waals surface area contributed by atoms with E-state index in [1.54, 1.807) is 12.1 Å². The van der Waals surface area contributed by atoms with Crippen molar-refractivity contribution < 1.29 is 20.5 Å². The predicted molar refractivity (Wildman–Crippen MR) is 71.9 cm³/mol. The third-order valence-electron chi connectivity index (χ3n) is 2.43. The molecule has 0 aliphatic carbocycles. The molecule has 2 rings (SSSR count). The average molecular weight is 254 g/mol. The Labute approximate surface area is 118 Å². The summed E-state index contributed by atoms with van der Waals surface area (Å²) >= 11 is 0. The van der Waals surface area contributed by atoms with Crippen LogP contribution in [-0.4, -0.2) is 36.3 Å². The Balaban J connectivity index is 2.51. The number of fused-ring (bicyclic) bond motifs is 1. The van der Waals surface area contributed by atoms with E-state index in [1.165, 1.54) is 19.2 Å². The number of benzene rings is 1. The number of nitrogens with one attached hydrogen (secondary N) is 1. The second kappa shape index (κ2) is 5.23. The van der Waals surface area contributed by atoms with E-state index >= 15 is 0 Å². The number of likely N-dealkylation sites (N-methyl/N-ethyl adjacent to an activating group) is 1. The summed E-state index contributed by atoms with van der Waals surface area (Å²) in [5, 5.41) is 0.391. The van der Waals surface area contributed by atoms with Crippen molar-refractivity contribution in [2.75, 3.05) is 20.4 Å². The van der Waals surface area contributed by atoms with Gasteiger partial charge in [0.2, 0.25) is 0 Å². The summed E-state index contributed by atoms with van der Waals surface area (Å²) in [4.78, 5) is 14.1. The summed E-state index contributed by atoms with van der Waals surface area (Å²) in [5.74, 6) is -0.393. The number of carbonyl (C=O) groups is 1. The van der Waals surface area contributed by atoms with Crippen molar-refractivity contribution in [3.05, 3.63) is 30.0 Å². The molecule has 1 N–H and O–H groups in total. The number of rotatable bonds is 4. The van der Waals surface area contributed by atoms with Gasteiger partial charge in [-0.05, 0) is 38.1 Å². The summed E-state index contributed by atoms with van der Waals surface area (Å²) < 4.78 is 65.8. The van der Waals surface area contributed by atoms with Crippen molar-refractivity contribution in [3.8, 4) is 5.75 Å². The van der Waals surface area contributed by atoms with Crippen LogP contribution in [0.4, 0.5) is 0 Å². The number of nitrogens with zero attached hydrogens (tertiary/aromatic N) is 1. The minimum absolute atomic E-state index is 0.0969. The Morgan fingerprint density at radius 2 is 2.39 bits per heavy atom. The van der Waals surface area contributed by atoms with Gasteiger partial charge in [-0.15, -0.1) is 0 Å². The van der Waals surface area contributed by atoms with Gasteiger partial charge in [0, 0.05) is 41.5 Å². The van der Waals surface area contributed by atoms with Crippen LogP contribution < -0.4 is 4.74 Å². The first-order valence-corrected chi connectivity index (χ1v) is 5.31. The molecule has 0 spiro atoms. The first kappa shape index (κ1) is 5.89. The van der Waals surface area contributed by atoms with E-state index in [0.717, 1.165) is 0 Å². The molecule has 1 heterocycles. The maximum atomic E-state index is 11.3. The Kier molecular flexibility index (Phi) is 1.71. The zero-order valence-electron chi connectivity index (χ0n) is 17.8.